The highest BCUT2D eigenvalue weighted by molar-refractivity contribution is 7.58. The van der Waals surface area contributed by atoms with E-state index in [1.54, 1.807) is 19.9 Å². The minimum atomic E-state index is -3.70. The first-order chi connectivity index (χ1) is 12.1. The number of hydrogen-bond donors (Lipinski definition) is 1. The zero-order valence-electron chi connectivity index (χ0n) is 14.5. The van der Waals surface area contributed by atoms with Gasteiger partial charge in [-0.15, -0.1) is 0 Å². The Kier molecular flexibility index (Phi) is 7.31. The van der Waals surface area contributed by atoms with Crippen LogP contribution in [0.5, 0.6) is 0 Å². The second-order valence-electron chi connectivity index (χ2n) is 5.26. The van der Waals surface area contributed by atoms with Crippen LogP contribution in [0.3, 0.4) is 0 Å². The van der Waals surface area contributed by atoms with Crippen LogP contribution in [0.2, 0.25) is 0 Å². The van der Waals surface area contributed by atoms with Crippen LogP contribution < -0.4 is 0 Å². The summed E-state index contributed by atoms with van der Waals surface area (Å²) < 4.78 is 22.7. The summed E-state index contributed by atoms with van der Waals surface area (Å²) >= 11 is 0. The smallest absolute Gasteiger partial charge is 0.395 e. The first-order valence-corrected chi connectivity index (χ1v) is 9.77. The van der Waals surface area contributed by atoms with E-state index in [0.717, 1.165) is 18.5 Å². The first kappa shape index (κ1) is 19.3. The maximum atomic E-state index is 12.5. The van der Waals surface area contributed by atoms with Crippen molar-refractivity contribution in [3.63, 3.8) is 0 Å². The number of hydrogen-bond acceptors (Lipinski definition) is 6. The average Bonchev–Trinajstić information content (AvgIpc) is 2.61. The molecule has 134 valence electrons. The lowest BCUT2D eigenvalue weighted by atomic mass is 10.1. The van der Waals surface area contributed by atoms with Crippen LogP contribution in [0.1, 0.15) is 30.8 Å². The summed E-state index contributed by atoms with van der Waals surface area (Å²) in [7, 11) is -3.70. The van der Waals surface area contributed by atoms with Gasteiger partial charge in [0.05, 0.1) is 18.9 Å². The fraction of sp³-hybridized carbons (Fsp3) is 0.333. The molecule has 0 atom stereocenters. The lowest BCUT2D eigenvalue weighted by Crippen LogP contribution is -2.00. The van der Waals surface area contributed by atoms with Crippen LogP contribution in [0.25, 0.3) is 6.08 Å². The first-order valence-electron chi connectivity index (χ1n) is 8.22. The molecular formula is C18H23N2O4P. The van der Waals surface area contributed by atoms with Crippen molar-refractivity contribution < 1.29 is 18.7 Å². The summed E-state index contributed by atoms with van der Waals surface area (Å²) in [6.07, 6.45) is 4.32. The van der Waals surface area contributed by atoms with Gasteiger partial charge in [0.25, 0.3) is 0 Å². The van der Waals surface area contributed by atoms with E-state index < -0.39 is 13.1 Å². The molecule has 0 saturated heterocycles. The molecule has 0 radical (unpaired) electrons. The number of rotatable bonds is 9. The highest BCUT2D eigenvalue weighted by Gasteiger charge is 2.29. The van der Waals surface area contributed by atoms with E-state index in [4.69, 9.17) is 9.05 Å². The van der Waals surface area contributed by atoms with E-state index in [1.165, 1.54) is 18.0 Å². The van der Waals surface area contributed by atoms with Gasteiger partial charge in [-0.1, -0.05) is 30.3 Å². The Hall–Kier alpha value is -2.01. The molecule has 1 aromatic heterocycles. The number of aliphatic hydroxyl groups is 1. The molecule has 0 fully saturated rings. The van der Waals surface area contributed by atoms with Crippen LogP contribution in [0.15, 0.2) is 48.2 Å². The van der Waals surface area contributed by atoms with Crippen molar-refractivity contribution in [2.45, 2.75) is 26.7 Å². The molecule has 0 aliphatic heterocycles. The summed E-state index contributed by atoms with van der Waals surface area (Å²) in [6, 6.07) is 11.9. The number of nitrogens with zero attached hydrogens (tertiary/aromatic N) is 2. The molecule has 0 spiro atoms. The topological polar surface area (TPSA) is 81.5 Å². The summed E-state index contributed by atoms with van der Waals surface area (Å²) in [5, 5.41) is 10.2. The number of aliphatic hydroxyl groups excluding tert-OH is 1. The van der Waals surface area contributed by atoms with Gasteiger partial charge in [-0.2, -0.15) is 0 Å². The maximum Gasteiger partial charge on any atom is 0.395 e. The van der Waals surface area contributed by atoms with Crippen molar-refractivity contribution in [2.75, 3.05) is 13.2 Å². The molecule has 1 N–H and O–H groups in total. The van der Waals surface area contributed by atoms with E-state index in [0.29, 0.717) is 5.69 Å². The Balaban J connectivity index is 2.13. The number of aryl methyl sites for hydroxylation is 2. The van der Waals surface area contributed by atoms with Crippen LogP contribution in [-0.2, 0) is 26.5 Å². The zero-order valence-corrected chi connectivity index (χ0v) is 15.4. The van der Waals surface area contributed by atoms with E-state index >= 15 is 0 Å². The van der Waals surface area contributed by atoms with Gasteiger partial charge >= 0.3 is 7.60 Å². The Bertz CT molecular complexity index is 740. The van der Waals surface area contributed by atoms with Gasteiger partial charge in [0, 0.05) is 11.8 Å². The molecule has 0 bridgehead atoms. The standard InChI is InChI=1S/C18H23N2O4P/c1-3-23-25(22,24-4-2)18(21)13-17-12-16(19-14-20-17)11-10-15-8-6-5-7-9-15/h5-9,12-14,21H,3-4,10-11H2,1-2H3/b18-13+. The van der Waals surface area contributed by atoms with Gasteiger partial charge in [0.1, 0.15) is 6.33 Å². The van der Waals surface area contributed by atoms with Crippen LogP contribution in [0.4, 0.5) is 0 Å². The van der Waals surface area contributed by atoms with Gasteiger partial charge in [-0.05, 0) is 38.3 Å². The van der Waals surface area contributed by atoms with Crippen molar-refractivity contribution in [2.24, 2.45) is 0 Å². The maximum absolute atomic E-state index is 12.5. The van der Waals surface area contributed by atoms with Crippen molar-refractivity contribution >= 4 is 13.7 Å². The highest BCUT2D eigenvalue weighted by atomic mass is 31.2. The molecule has 7 heteroatoms. The third-order valence-electron chi connectivity index (χ3n) is 3.41. The molecule has 0 aliphatic rings. The Morgan fingerprint density at radius 2 is 1.80 bits per heavy atom. The predicted octanol–water partition coefficient (Wildman–Crippen LogP) is 4.38. The minimum absolute atomic E-state index is 0.168. The molecule has 25 heavy (non-hydrogen) atoms. The van der Waals surface area contributed by atoms with Gasteiger partial charge in [0.2, 0.25) is 5.50 Å². The molecule has 2 rings (SSSR count). The summed E-state index contributed by atoms with van der Waals surface area (Å²) in [5.74, 6) is 0. The fourth-order valence-corrected chi connectivity index (χ4v) is 3.58. The van der Waals surface area contributed by atoms with E-state index in [2.05, 4.69) is 22.1 Å². The van der Waals surface area contributed by atoms with Crippen LogP contribution in [0, 0.1) is 0 Å². The van der Waals surface area contributed by atoms with Crippen molar-refractivity contribution in [1.29, 1.82) is 0 Å². The second kappa shape index (κ2) is 9.47. The van der Waals surface area contributed by atoms with Crippen molar-refractivity contribution in [3.8, 4) is 0 Å². The summed E-state index contributed by atoms with van der Waals surface area (Å²) in [5.41, 5.74) is 2.05. The second-order valence-corrected chi connectivity index (χ2v) is 7.22. The SMILES string of the molecule is CCOP(=O)(OCC)/C(O)=C/c1cc(CCc2ccccc2)ncn1. The monoisotopic (exact) mass is 362 g/mol. The third kappa shape index (κ3) is 5.78. The largest absolute Gasteiger partial charge is 0.501 e. The minimum Gasteiger partial charge on any atom is -0.501 e. The molecule has 6 nitrogen and oxygen atoms in total. The van der Waals surface area contributed by atoms with Gasteiger partial charge in [0.15, 0.2) is 0 Å². The molecule has 0 saturated carbocycles. The van der Waals surface area contributed by atoms with Crippen molar-refractivity contribution in [1.82, 2.24) is 9.97 Å². The molecule has 2 aromatic rings. The van der Waals surface area contributed by atoms with Crippen molar-refractivity contribution in [3.05, 3.63) is 65.2 Å². The Morgan fingerprint density at radius 1 is 1.12 bits per heavy atom. The molecule has 0 aliphatic carbocycles. The van der Waals surface area contributed by atoms with Crippen LogP contribution in [-0.4, -0.2) is 28.3 Å². The average molecular weight is 362 g/mol. The van der Waals surface area contributed by atoms with E-state index in [1.807, 2.05) is 18.2 Å². The van der Waals surface area contributed by atoms with E-state index in [9.17, 15) is 9.67 Å². The highest BCUT2D eigenvalue weighted by Crippen LogP contribution is 2.55. The molecular weight excluding hydrogens is 339 g/mol. The third-order valence-corrected chi connectivity index (χ3v) is 5.30. The van der Waals surface area contributed by atoms with Gasteiger partial charge in [-0.25, -0.2) is 9.97 Å². The fourth-order valence-electron chi connectivity index (χ4n) is 2.27. The molecule has 1 aromatic carbocycles. The summed E-state index contributed by atoms with van der Waals surface area (Å²) in [4.78, 5) is 8.33. The lowest BCUT2D eigenvalue weighted by molar-refractivity contribution is 0.212. The van der Waals surface area contributed by atoms with Gasteiger partial charge < -0.3 is 14.2 Å². The summed E-state index contributed by atoms with van der Waals surface area (Å²) in [6.45, 7) is 3.71. The lowest BCUT2D eigenvalue weighted by Gasteiger charge is -2.15. The van der Waals surface area contributed by atoms with Crippen LogP contribution >= 0.6 is 7.60 Å². The molecule has 0 unspecified atom stereocenters. The van der Waals surface area contributed by atoms with E-state index in [-0.39, 0.29) is 13.2 Å². The quantitative estimate of drug-likeness (QED) is 0.526. The predicted molar refractivity (Wildman–Crippen MR) is 97.3 cm³/mol. The Labute approximate surface area is 148 Å². The molecule has 0 amide bonds. The van der Waals surface area contributed by atoms with Gasteiger partial charge in [-0.3, -0.25) is 4.57 Å². The molecule has 1 heterocycles. The Morgan fingerprint density at radius 3 is 2.44 bits per heavy atom. The normalized spacial score (nSPS) is 12.3. The zero-order chi connectivity index (χ0) is 18.1. The number of benzene rings is 1. The number of aromatic nitrogens is 2.